The second-order valence-electron chi connectivity index (χ2n) is 10.6. The SMILES string of the molecule is O=C(CCC1CCN(Cc2cccc(Cl)c2)CC1)c1ccc2c(c1)CN(Cc1ccccc1)CCC2. The van der Waals surface area contributed by atoms with Crippen molar-refractivity contribution < 1.29 is 4.79 Å². The van der Waals surface area contributed by atoms with Crippen LogP contribution in [0.25, 0.3) is 0 Å². The van der Waals surface area contributed by atoms with Crippen LogP contribution in [0.3, 0.4) is 0 Å². The average Bonchev–Trinajstić information content (AvgIpc) is 3.10. The van der Waals surface area contributed by atoms with Gasteiger partial charge in [-0.1, -0.05) is 66.2 Å². The van der Waals surface area contributed by atoms with Crippen molar-refractivity contribution in [2.24, 2.45) is 5.92 Å². The van der Waals surface area contributed by atoms with Crippen molar-refractivity contribution in [1.82, 2.24) is 9.80 Å². The standard InChI is InChI=1S/C32H37ClN2O/c33-31-10-4-8-27(20-31)23-34-18-15-25(16-19-34)11-14-32(36)29-13-12-28-9-5-17-35(24-30(28)21-29)22-26-6-2-1-3-7-26/h1-4,6-8,10,12-13,20-21,25H,5,9,11,14-19,22-24H2. The smallest absolute Gasteiger partial charge is 0.162 e. The summed E-state index contributed by atoms with van der Waals surface area (Å²) < 4.78 is 0. The van der Waals surface area contributed by atoms with Crippen molar-refractivity contribution in [3.8, 4) is 0 Å². The van der Waals surface area contributed by atoms with E-state index in [4.69, 9.17) is 11.6 Å². The van der Waals surface area contributed by atoms with E-state index in [1.807, 2.05) is 12.1 Å². The molecule has 0 aromatic heterocycles. The zero-order valence-electron chi connectivity index (χ0n) is 21.2. The summed E-state index contributed by atoms with van der Waals surface area (Å²) in [7, 11) is 0. The maximum absolute atomic E-state index is 13.1. The summed E-state index contributed by atoms with van der Waals surface area (Å²) in [5, 5.41) is 0.808. The fourth-order valence-corrected chi connectivity index (χ4v) is 6.00. The molecule has 3 aromatic carbocycles. The second kappa shape index (κ2) is 12.2. The van der Waals surface area contributed by atoms with Crippen LogP contribution in [0.2, 0.25) is 5.02 Å². The summed E-state index contributed by atoms with van der Waals surface area (Å²) in [4.78, 5) is 18.2. The van der Waals surface area contributed by atoms with E-state index in [-0.39, 0.29) is 0 Å². The highest BCUT2D eigenvalue weighted by Gasteiger charge is 2.21. The number of likely N-dealkylation sites (tertiary alicyclic amines) is 1. The van der Waals surface area contributed by atoms with Crippen molar-refractivity contribution in [2.45, 2.75) is 58.2 Å². The van der Waals surface area contributed by atoms with Crippen LogP contribution in [0, 0.1) is 5.92 Å². The maximum Gasteiger partial charge on any atom is 0.162 e. The van der Waals surface area contributed by atoms with Gasteiger partial charge < -0.3 is 0 Å². The molecule has 0 bridgehead atoms. The zero-order valence-corrected chi connectivity index (χ0v) is 21.9. The Morgan fingerprint density at radius 2 is 1.58 bits per heavy atom. The van der Waals surface area contributed by atoms with E-state index in [0.29, 0.717) is 18.1 Å². The Morgan fingerprint density at radius 3 is 2.39 bits per heavy atom. The Balaban J connectivity index is 1.12. The number of fused-ring (bicyclic) bond motifs is 1. The largest absolute Gasteiger partial charge is 0.299 e. The minimum absolute atomic E-state index is 0.304. The lowest BCUT2D eigenvalue weighted by Gasteiger charge is -2.32. The lowest BCUT2D eigenvalue weighted by molar-refractivity contribution is 0.0961. The minimum atomic E-state index is 0.304. The van der Waals surface area contributed by atoms with E-state index in [2.05, 4.69) is 70.5 Å². The number of Topliss-reactive ketones (excluding diaryl/α,β-unsaturated/α-hetero) is 1. The quantitative estimate of drug-likeness (QED) is 0.306. The van der Waals surface area contributed by atoms with E-state index in [1.165, 1.54) is 41.5 Å². The van der Waals surface area contributed by atoms with Crippen molar-refractivity contribution in [3.63, 3.8) is 0 Å². The molecule has 0 radical (unpaired) electrons. The van der Waals surface area contributed by atoms with Crippen LogP contribution in [0.1, 0.15) is 64.7 Å². The first-order valence-corrected chi connectivity index (χ1v) is 13.9. The molecule has 0 saturated carbocycles. The predicted octanol–water partition coefficient (Wildman–Crippen LogP) is 7.16. The fraction of sp³-hybridized carbons (Fsp3) is 0.406. The normalized spacial score (nSPS) is 17.5. The van der Waals surface area contributed by atoms with Crippen molar-refractivity contribution in [2.75, 3.05) is 19.6 Å². The third-order valence-corrected chi connectivity index (χ3v) is 8.11. The van der Waals surface area contributed by atoms with Gasteiger partial charge in [0.05, 0.1) is 0 Å². The molecule has 0 atom stereocenters. The Labute approximate surface area is 221 Å². The monoisotopic (exact) mass is 500 g/mol. The molecule has 36 heavy (non-hydrogen) atoms. The highest BCUT2D eigenvalue weighted by atomic mass is 35.5. The van der Waals surface area contributed by atoms with Crippen molar-refractivity contribution in [3.05, 3.63) is 106 Å². The molecule has 3 aromatic rings. The van der Waals surface area contributed by atoms with Gasteiger partial charge in [0.25, 0.3) is 0 Å². The van der Waals surface area contributed by atoms with Gasteiger partial charge in [-0.05, 0) is 98.1 Å². The molecule has 1 saturated heterocycles. The maximum atomic E-state index is 13.1. The number of halogens is 1. The third kappa shape index (κ3) is 6.85. The van der Waals surface area contributed by atoms with Crippen LogP contribution < -0.4 is 0 Å². The van der Waals surface area contributed by atoms with E-state index >= 15 is 0 Å². The van der Waals surface area contributed by atoms with Gasteiger partial charge in [-0.3, -0.25) is 14.6 Å². The summed E-state index contributed by atoms with van der Waals surface area (Å²) in [6.45, 7) is 6.15. The lowest BCUT2D eigenvalue weighted by Crippen LogP contribution is -2.33. The van der Waals surface area contributed by atoms with Gasteiger partial charge in [0.2, 0.25) is 0 Å². The first-order chi connectivity index (χ1) is 17.6. The summed E-state index contributed by atoms with van der Waals surface area (Å²) in [5.74, 6) is 0.949. The highest BCUT2D eigenvalue weighted by Crippen LogP contribution is 2.26. The van der Waals surface area contributed by atoms with Crippen LogP contribution in [-0.4, -0.2) is 35.2 Å². The molecular formula is C32H37ClN2O. The first kappa shape index (κ1) is 25.2. The summed E-state index contributed by atoms with van der Waals surface area (Å²) in [5.41, 5.74) is 6.28. The molecule has 2 aliphatic rings. The number of rotatable bonds is 8. The molecule has 0 unspecified atom stereocenters. The summed E-state index contributed by atoms with van der Waals surface area (Å²) >= 11 is 6.14. The molecule has 188 valence electrons. The minimum Gasteiger partial charge on any atom is -0.299 e. The van der Waals surface area contributed by atoms with E-state index in [1.54, 1.807) is 0 Å². The number of carbonyl (C=O) groups excluding carboxylic acids is 1. The van der Waals surface area contributed by atoms with Gasteiger partial charge in [-0.15, -0.1) is 0 Å². The Hall–Kier alpha value is -2.46. The first-order valence-electron chi connectivity index (χ1n) is 13.5. The van der Waals surface area contributed by atoms with Gasteiger partial charge in [0.15, 0.2) is 5.78 Å². The third-order valence-electron chi connectivity index (χ3n) is 7.87. The molecular weight excluding hydrogens is 464 g/mol. The topological polar surface area (TPSA) is 23.6 Å². The number of benzene rings is 3. The van der Waals surface area contributed by atoms with Crippen LogP contribution in [0.15, 0.2) is 72.8 Å². The molecule has 2 aliphatic heterocycles. The Morgan fingerprint density at radius 1 is 0.806 bits per heavy atom. The molecule has 0 amide bonds. The number of hydrogen-bond acceptors (Lipinski definition) is 3. The molecule has 4 heteroatoms. The number of ketones is 1. The van der Waals surface area contributed by atoms with Gasteiger partial charge in [0, 0.05) is 36.6 Å². The molecule has 0 spiro atoms. The summed E-state index contributed by atoms with van der Waals surface area (Å²) in [6.07, 6.45) is 6.28. The van der Waals surface area contributed by atoms with Crippen molar-refractivity contribution >= 4 is 17.4 Å². The molecule has 3 nitrogen and oxygen atoms in total. The van der Waals surface area contributed by atoms with Crippen molar-refractivity contribution in [1.29, 1.82) is 0 Å². The lowest BCUT2D eigenvalue weighted by atomic mass is 9.89. The fourth-order valence-electron chi connectivity index (χ4n) is 5.79. The predicted molar refractivity (Wildman–Crippen MR) is 148 cm³/mol. The van der Waals surface area contributed by atoms with Crippen LogP contribution in [-0.2, 0) is 26.1 Å². The number of hydrogen-bond donors (Lipinski definition) is 0. The van der Waals surface area contributed by atoms with Gasteiger partial charge >= 0.3 is 0 Å². The number of nitrogens with zero attached hydrogens (tertiary/aromatic N) is 2. The molecule has 5 rings (SSSR count). The highest BCUT2D eigenvalue weighted by molar-refractivity contribution is 6.30. The van der Waals surface area contributed by atoms with Gasteiger partial charge in [-0.2, -0.15) is 0 Å². The van der Waals surface area contributed by atoms with Crippen LogP contribution in [0.4, 0.5) is 0 Å². The van der Waals surface area contributed by atoms with E-state index in [9.17, 15) is 4.79 Å². The van der Waals surface area contributed by atoms with Gasteiger partial charge in [-0.25, -0.2) is 0 Å². The van der Waals surface area contributed by atoms with Gasteiger partial charge in [0.1, 0.15) is 0 Å². The van der Waals surface area contributed by atoms with E-state index in [0.717, 1.165) is 62.7 Å². The van der Waals surface area contributed by atoms with Crippen LogP contribution in [0.5, 0.6) is 0 Å². The molecule has 0 N–H and O–H groups in total. The Kier molecular flexibility index (Phi) is 8.53. The van der Waals surface area contributed by atoms with Crippen LogP contribution >= 0.6 is 11.6 Å². The zero-order chi connectivity index (χ0) is 24.7. The average molecular weight is 501 g/mol. The number of piperidine rings is 1. The molecule has 1 fully saturated rings. The van der Waals surface area contributed by atoms with E-state index < -0.39 is 0 Å². The second-order valence-corrected chi connectivity index (χ2v) is 11.0. The number of carbonyl (C=O) groups is 1. The summed E-state index contributed by atoms with van der Waals surface area (Å²) in [6, 6.07) is 25.3. The molecule has 2 heterocycles. The molecule has 0 aliphatic carbocycles. The Bertz CT molecular complexity index is 1150. The number of aryl methyl sites for hydroxylation is 1.